The molecule has 2 aromatic heterocycles. The normalized spacial score (nSPS) is 18.8. The molecule has 1 aliphatic heterocycles. The molecule has 1 unspecified atom stereocenters. The highest BCUT2D eigenvalue weighted by atomic mass is 16.3. The van der Waals surface area contributed by atoms with Gasteiger partial charge in [0.1, 0.15) is 0 Å². The van der Waals surface area contributed by atoms with Gasteiger partial charge < -0.3 is 9.67 Å². The molecule has 0 saturated heterocycles. The van der Waals surface area contributed by atoms with Gasteiger partial charge >= 0.3 is 0 Å². The van der Waals surface area contributed by atoms with Gasteiger partial charge in [-0.25, -0.2) is 0 Å². The van der Waals surface area contributed by atoms with Crippen LogP contribution in [0.5, 0.6) is 0 Å². The Balaban J connectivity index is 1.63. The van der Waals surface area contributed by atoms with E-state index in [0.717, 1.165) is 18.7 Å². The summed E-state index contributed by atoms with van der Waals surface area (Å²) in [4.78, 5) is 0. The Kier molecular flexibility index (Phi) is 4.68. The van der Waals surface area contributed by atoms with Crippen molar-refractivity contribution in [2.24, 2.45) is 0 Å². The Morgan fingerprint density at radius 1 is 1.00 bits per heavy atom. The van der Waals surface area contributed by atoms with E-state index < -0.39 is 0 Å². The highest BCUT2D eigenvalue weighted by Gasteiger charge is 2.25. The third kappa shape index (κ3) is 3.21. The molecule has 2 aliphatic rings. The molecule has 6 rings (SSSR count). The smallest absolute Gasteiger partial charge is 0.0686 e. The van der Waals surface area contributed by atoms with Crippen molar-refractivity contribution in [2.45, 2.75) is 57.0 Å². The summed E-state index contributed by atoms with van der Waals surface area (Å²) in [5.74, 6) is 0.193. The lowest BCUT2D eigenvalue weighted by Gasteiger charge is -2.24. The summed E-state index contributed by atoms with van der Waals surface area (Å²) >= 11 is 0. The predicted octanol–water partition coefficient (Wildman–Crippen LogP) is 5.89. The number of hydrogen-bond acceptors (Lipinski definition) is 2. The lowest BCUT2D eigenvalue weighted by Crippen LogP contribution is -2.12. The molecule has 1 atom stereocenters. The first-order valence-corrected chi connectivity index (χ1v) is 11.7. The van der Waals surface area contributed by atoms with Crippen molar-refractivity contribution in [1.82, 2.24) is 14.3 Å². The molecular formula is C27H29N3O. The summed E-state index contributed by atoms with van der Waals surface area (Å²) in [6.45, 7) is 0.943. The maximum absolute atomic E-state index is 9.97. The molecule has 3 heterocycles. The van der Waals surface area contributed by atoms with Gasteiger partial charge in [0.15, 0.2) is 0 Å². The van der Waals surface area contributed by atoms with Gasteiger partial charge in [0.05, 0.1) is 12.2 Å². The van der Waals surface area contributed by atoms with Gasteiger partial charge in [-0.05, 0) is 54.2 Å². The molecule has 4 nitrogen and oxygen atoms in total. The molecule has 31 heavy (non-hydrogen) atoms. The number of aromatic nitrogens is 3. The second-order valence-electron chi connectivity index (χ2n) is 9.20. The van der Waals surface area contributed by atoms with Crippen LogP contribution in [0.1, 0.15) is 67.2 Å². The summed E-state index contributed by atoms with van der Waals surface area (Å²) in [6, 6.07) is 18.5. The Morgan fingerprint density at radius 2 is 1.90 bits per heavy atom. The zero-order valence-corrected chi connectivity index (χ0v) is 17.9. The number of nitrogens with zero attached hydrogens (tertiary/aromatic N) is 3. The highest BCUT2D eigenvalue weighted by molar-refractivity contribution is 5.89. The first-order chi connectivity index (χ1) is 15.3. The third-order valence-electron chi connectivity index (χ3n) is 7.32. The Hall–Kier alpha value is -2.85. The highest BCUT2D eigenvalue weighted by Crippen LogP contribution is 2.40. The van der Waals surface area contributed by atoms with Crippen molar-refractivity contribution in [1.29, 1.82) is 0 Å². The van der Waals surface area contributed by atoms with Crippen LogP contribution in [0.3, 0.4) is 0 Å². The fourth-order valence-electron chi connectivity index (χ4n) is 5.80. The van der Waals surface area contributed by atoms with E-state index >= 15 is 0 Å². The number of aliphatic hydroxyl groups excluding tert-OH is 1. The summed E-state index contributed by atoms with van der Waals surface area (Å²) in [5.41, 5.74) is 7.59. The second kappa shape index (κ2) is 7.69. The van der Waals surface area contributed by atoms with Crippen molar-refractivity contribution in [3.05, 3.63) is 77.6 Å². The van der Waals surface area contributed by atoms with Gasteiger partial charge in [-0.1, -0.05) is 49.6 Å². The number of benzene rings is 2. The topological polar surface area (TPSA) is 43.0 Å². The van der Waals surface area contributed by atoms with Crippen LogP contribution in [0, 0.1) is 0 Å². The first-order valence-electron chi connectivity index (χ1n) is 11.7. The molecule has 4 bridgehead atoms. The van der Waals surface area contributed by atoms with Crippen LogP contribution in [0.2, 0.25) is 0 Å². The molecule has 0 spiro atoms. The fourth-order valence-corrected chi connectivity index (χ4v) is 5.80. The van der Waals surface area contributed by atoms with Crippen LogP contribution >= 0.6 is 0 Å². The van der Waals surface area contributed by atoms with Crippen molar-refractivity contribution in [3.63, 3.8) is 0 Å². The first kappa shape index (κ1) is 18.9. The summed E-state index contributed by atoms with van der Waals surface area (Å²) < 4.78 is 4.65. The van der Waals surface area contributed by atoms with E-state index in [1.807, 2.05) is 6.20 Å². The van der Waals surface area contributed by atoms with Gasteiger partial charge in [-0.2, -0.15) is 5.10 Å². The number of fused-ring (bicyclic) bond motifs is 5. The zero-order chi connectivity index (χ0) is 20.8. The molecule has 0 radical (unpaired) electrons. The lowest BCUT2D eigenvalue weighted by molar-refractivity contribution is 0.281. The molecule has 1 fully saturated rings. The Bertz CT molecular complexity index is 1230. The molecule has 1 saturated carbocycles. The van der Waals surface area contributed by atoms with Crippen LogP contribution < -0.4 is 0 Å². The molecule has 1 aliphatic carbocycles. The molecule has 4 aromatic rings. The number of aliphatic hydroxyl groups is 1. The molecule has 2 aromatic carbocycles. The van der Waals surface area contributed by atoms with Crippen LogP contribution in [0.4, 0.5) is 0 Å². The third-order valence-corrected chi connectivity index (χ3v) is 7.32. The number of hydrogen-bond donors (Lipinski definition) is 1. The largest absolute Gasteiger partial charge is 0.396 e. The maximum atomic E-state index is 9.97. The SMILES string of the molecule is OCCC1c2cccc(c2)Cn2nccc2-c2ccc3c(c2)c1cn3C1CCCCC1. The van der Waals surface area contributed by atoms with Crippen LogP contribution in [0.15, 0.2) is 60.9 Å². The van der Waals surface area contributed by atoms with Crippen molar-refractivity contribution in [3.8, 4) is 11.3 Å². The lowest BCUT2D eigenvalue weighted by atomic mass is 9.87. The monoisotopic (exact) mass is 411 g/mol. The van der Waals surface area contributed by atoms with Crippen LogP contribution in [-0.4, -0.2) is 26.1 Å². The average Bonchev–Trinajstić information content (AvgIpc) is 3.42. The zero-order valence-electron chi connectivity index (χ0n) is 17.9. The minimum absolute atomic E-state index is 0.187. The van der Waals surface area contributed by atoms with Crippen molar-refractivity contribution >= 4 is 10.9 Å². The standard InChI is InChI=1S/C27H29N3O/c31-14-12-23-20-6-4-5-19(15-20)17-30-26(11-13-28-30)21-9-10-27-24(16-21)25(23)18-29(27)22-7-2-1-3-8-22/h4-6,9-11,13,15-16,18,22-23,31H,1-3,7-8,12,14,17H2. The van der Waals surface area contributed by atoms with E-state index in [0.29, 0.717) is 6.04 Å². The van der Waals surface area contributed by atoms with E-state index in [1.165, 1.54) is 65.3 Å². The Labute approximate surface area is 183 Å². The number of rotatable bonds is 3. The quantitative estimate of drug-likeness (QED) is 0.457. The average molecular weight is 412 g/mol. The van der Waals surface area contributed by atoms with Crippen LogP contribution in [-0.2, 0) is 6.54 Å². The minimum Gasteiger partial charge on any atom is -0.396 e. The van der Waals surface area contributed by atoms with Crippen molar-refractivity contribution in [2.75, 3.05) is 6.61 Å². The fraction of sp³-hybridized carbons (Fsp3) is 0.370. The van der Waals surface area contributed by atoms with E-state index in [4.69, 9.17) is 0 Å². The van der Waals surface area contributed by atoms with E-state index in [1.54, 1.807) is 0 Å². The second-order valence-corrected chi connectivity index (χ2v) is 9.20. The maximum Gasteiger partial charge on any atom is 0.0686 e. The molecule has 1 N–H and O–H groups in total. The molecule has 4 heteroatoms. The van der Waals surface area contributed by atoms with E-state index in [2.05, 4.69) is 69.1 Å². The Morgan fingerprint density at radius 3 is 2.77 bits per heavy atom. The summed E-state index contributed by atoms with van der Waals surface area (Å²) in [5, 5.41) is 15.9. The van der Waals surface area contributed by atoms with Crippen molar-refractivity contribution < 1.29 is 5.11 Å². The minimum atomic E-state index is 0.187. The molecule has 0 amide bonds. The summed E-state index contributed by atoms with van der Waals surface area (Å²) in [7, 11) is 0. The van der Waals surface area contributed by atoms with E-state index in [-0.39, 0.29) is 12.5 Å². The van der Waals surface area contributed by atoms with Gasteiger partial charge in [0.25, 0.3) is 0 Å². The molecular weight excluding hydrogens is 382 g/mol. The van der Waals surface area contributed by atoms with Gasteiger partial charge in [0.2, 0.25) is 0 Å². The van der Waals surface area contributed by atoms with Crippen LogP contribution in [0.25, 0.3) is 22.2 Å². The van der Waals surface area contributed by atoms with Gasteiger partial charge in [0, 0.05) is 47.4 Å². The summed E-state index contributed by atoms with van der Waals surface area (Å²) in [6.07, 6.45) is 11.6. The van der Waals surface area contributed by atoms with Gasteiger partial charge in [-0.15, -0.1) is 0 Å². The predicted molar refractivity (Wildman–Crippen MR) is 124 cm³/mol. The van der Waals surface area contributed by atoms with E-state index in [9.17, 15) is 5.11 Å². The molecule has 158 valence electrons. The van der Waals surface area contributed by atoms with Gasteiger partial charge in [-0.3, -0.25) is 4.68 Å².